The fourth-order valence-electron chi connectivity index (χ4n) is 4.05. The number of carbonyl (C=O) groups excluding carboxylic acids is 3. The second-order valence-corrected chi connectivity index (χ2v) is 9.67. The lowest BCUT2D eigenvalue weighted by molar-refractivity contribution is -0.123. The molecule has 0 aliphatic carbocycles. The molecule has 1 heterocycles. The van der Waals surface area contributed by atoms with E-state index in [1.165, 1.54) is 0 Å². The Morgan fingerprint density at radius 1 is 0.970 bits per heavy atom. The van der Waals surface area contributed by atoms with E-state index in [1.54, 1.807) is 24.3 Å². The number of anilines is 1. The monoisotopic (exact) mass is 449 g/mol. The van der Waals surface area contributed by atoms with Gasteiger partial charge in [0.15, 0.2) is 0 Å². The van der Waals surface area contributed by atoms with Crippen molar-refractivity contribution in [2.24, 2.45) is 5.41 Å². The first-order chi connectivity index (χ1) is 15.7. The van der Waals surface area contributed by atoms with Crippen molar-refractivity contribution in [3.05, 3.63) is 65.7 Å². The Balaban J connectivity index is 1.68. The summed E-state index contributed by atoms with van der Waals surface area (Å²) in [6, 6.07) is 16.6. The average Bonchev–Trinajstić information content (AvgIpc) is 2.82. The smallest absolute Gasteiger partial charge is 0.254 e. The van der Waals surface area contributed by atoms with E-state index in [2.05, 4.69) is 12.2 Å². The van der Waals surface area contributed by atoms with E-state index in [1.807, 2.05) is 60.9 Å². The Morgan fingerprint density at radius 3 is 2.21 bits per heavy atom. The standard InChI is InChI=1S/C27H35N3O3/c1-5-16-30(23-14-17-29(18-15-23)24(31)20-10-7-6-8-11-20)25(32)21-12-9-13-22(19-21)28-26(33)27(2,3)4/h6-13,19,23H,5,14-18H2,1-4H3,(H,28,33). The van der Waals surface area contributed by atoms with Gasteiger partial charge in [0, 0.05) is 47.9 Å². The van der Waals surface area contributed by atoms with Gasteiger partial charge < -0.3 is 15.1 Å². The largest absolute Gasteiger partial charge is 0.338 e. The first kappa shape index (κ1) is 24.5. The maximum atomic E-state index is 13.4. The molecule has 0 spiro atoms. The zero-order valence-electron chi connectivity index (χ0n) is 20.1. The van der Waals surface area contributed by atoms with Crippen molar-refractivity contribution in [1.82, 2.24) is 9.80 Å². The Labute approximate surface area is 197 Å². The lowest BCUT2D eigenvalue weighted by Gasteiger charge is -2.38. The average molecular weight is 450 g/mol. The molecule has 6 heteroatoms. The molecule has 0 atom stereocenters. The van der Waals surface area contributed by atoms with Gasteiger partial charge in [-0.25, -0.2) is 0 Å². The number of nitrogens with zero attached hydrogens (tertiary/aromatic N) is 2. The maximum absolute atomic E-state index is 13.4. The normalized spacial score (nSPS) is 14.6. The molecule has 0 unspecified atom stereocenters. The van der Waals surface area contributed by atoms with Crippen LogP contribution in [0, 0.1) is 5.41 Å². The minimum atomic E-state index is -0.514. The Kier molecular flexibility index (Phi) is 7.90. The van der Waals surface area contributed by atoms with Gasteiger partial charge in [0.2, 0.25) is 5.91 Å². The van der Waals surface area contributed by atoms with Gasteiger partial charge in [-0.05, 0) is 49.6 Å². The maximum Gasteiger partial charge on any atom is 0.254 e. The lowest BCUT2D eigenvalue weighted by atomic mass is 9.95. The molecule has 6 nitrogen and oxygen atoms in total. The number of benzene rings is 2. The van der Waals surface area contributed by atoms with E-state index in [9.17, 15) is 14.4 Å². The molecular weight excluding hydrogens is 414 g/mol. The fourth-order valence-corrected chi connectivity index (χ4v) is 4.05. The van der Waals surface area contributed by atoms with E-state index in [0.717, 1.165) is 19.3 Å². The molecule has 1 N–H and O–H groups in total. The first-order valence-electron chi connectivity index (χ1n) is 11.8. The van der Waals surface area contributed by atoms with E-state index in [0.29, 0.717) is 36.4 Å². The quantitative estimate of drug-likeness (QED) is 0.687. The third kappa shape index (κ3) is 6.21. The molecule has 1 saturated heterocycles. The van der Waals surface area contributed by atoms with E-state index < -0.39 is 5.41 Å². The molecule has 2 aromatic rings. The number of carbonyl (C=O) groups is 3. The van der Waals surface area contributed by atoms with Gasteiger partial charge in [-0.1, -0.05) is 52.0 Å². The zero-order chi connectivity index (χ0) is 24.0. The Morgan fingerprint density at radius 2 is 1.61 bits per heavy atom. The first-order valence-corrected chi connectivity index (χ1v) is 11.8. The van der Waals surface area contributed by atoms with Crippen LogP contribution in [0.5, 0.6) is 0 Å². The van der Waals surface area contributed by atoms with Gasteiger partial charge in [0.1, 0.15) is 0 Å². The third-order valence-electron chi connectivity index (χ3n) is 5.99. The van der Waals surface area contributed by atoms with Crippen LogP contribution in [0.1, 0.15) is 67.7 Å². The van der Waals surface area contributed by atoms with Crippen molar-refractivity contribution >= 4 is 23.4 Å². The summed E-state index contributed by atoms with van der Waals surface area (Å²) in [7, 11) is 0. The highest BCUT2D eigenvalue weighted by Crippen LogP contribution is 2.23. The van der Waals surface area contributed by atoms with Crippen molar-refractivity contribution in [2.45, 2.75) is 53.0 Å². The van der Waals surface area contributed by atoms with Gasteiger partial charge in [-0.3, -0.25) is 14.4 Å². The molecule has 0 radical (unpaired) electrons. The van der Waals surface area contributed by atoms with Crippen LogP contribution >= 0.6 is 0 Å². The summed E-state index contributed by atoms with van der Waals surface area (Å²) in [6.07, 6.45) is 2.37. The second-order valence-electron chi connectivity index (χ2n) is 9.67. The molecule has 1 aliphatic rings. The molecule has 1 aliphatic heterocycles. The molecular formula is C27H35N3O3. The fraction of sp³-hybridized carbons (Fsp3) is 0.444. The molecule has 3 amide bonds. The SMILES string of the molecule is CCCN(C(=O)c1cccc(NC(=O)C(C)(C)C)c1)C1CCN(C(=O)c2ccccc2)CC1. The van der Waals surface area contributed by atoms with Gasteiger partial charge in [0.05, 0.1) is 0 Å². The number of rotatable bonds is 6. The third-order valence-corrected chi connectivity index (χ3v) is 5.99. The van der Waals surface area contributed by atoms with E-state index >= 15 is 0 Å². The molecule has 0 saturated carbocycles. The molecule has 3 rings (SSSR count). The van der Waals surface area contributed by atoms with Crippen LogP contribution in [-0.4, -0.2) is 53.2 Å². The lowest BCUT2D eigenvalue weighted by Crippen LogP contribution is -2.49. The van der Waals surface area contributed by atoms with Crippen molar-refractivity contribution in [3.8, 4) is 0 Å². The Hall–Kier alpha value is -3.15. The minimum Gasteiger partial charge on any atom is -0.338 e. The summed E-state index contributed by atoms with van der Waals surface area (Å²) < 4.78 is 0. The topological polar surface area (TPSA) is 69.7 Å². The predicted octanol–water partition coefficient (Wildman–Crippen LogP) is 4.83. The number of nitrogens with one attached hydrogen (secondary N) is 1. The summed E-state index contributed by atoms with van der Waals surface area (Å²) >= 11 is 0. The van der Waals surface area contributed by atoms with Crippen LogP contribution in [-0.2, 0) is 4.79 Å². The van der Waals surface area contributed by atoms with Gasteiger partial charge in [0.25, 0.3) is 11.8 Å². The number of likely N-dealkylation sites (tertiary alicyclic amines) is 1. The van der Waals surface area contributed by atoms with Crippen LogP contribution in [0.25, 0.3) is 0 Å². The van der Waals surface area contributed by atoms with Crippen molar-refractivity contribution in [1.29, 1.82) is 0 Å². The number of amides is 3. The summed E-state index contributed by atoms with van der Waals surface area (Å²) in [5.41, 5.74) is 1.38. The second kappa shape index (κ2) is 10.6. The number of hydrogen-bond acceptors (Lipinski definition) is 3. The van der Waals surface area contributed by atoms with Crippen LogP contribution in [0.2, 0.25) is 0 Å². The van der Waals surface area contributed by atoms with Crippen LogP contribution in [0.15, 0.2) is 54.6 Å². The van der Waals surface area contributed by atoms with Crippen LogP contribution < -0.4 is 5.32 Å². The van der Waals surface area contributed by atoms with E-state index in [4.69, 9.17) is 0 Å². The molecule has 33 heavy (non-hydrogen) atoms. The van der Waals surface area contributed by atoms with Crippen molar-refractivity contribution in [2.75, 3.05) is 25.0 Å². The van der Waals surface area contributed by atoms with Crippen LogP contribution in [0.4, 0.5) is 5.69 Å². The summed E-state index contributed by atoms with van der Waals surface area (Å²) in [4.78, 5) is 42.4. The molecule has 2 aromatic carbocycles. The molecule has 0 aromatic heterocycles. The highest BCUT2D eigenvalue weighted by atomic mass is 16.2. The zero-order valence-corrected chi connectivity index (χ0v) is 20.1. The minimum absolute atomic E-state index is 0.0310. The van der Waals surface area contributed by atoms with E-state index in [-0.39, 0.29) is 23.8 Å². The van der Waals surface area contributed by atoms with Crippen LogP contribution in [0.3, 0.4) is 0 Å². The van der Waals surface area contributed by atoms with Crippen molar-refractivity contribution < 1.29 is 14.4 Å². The summed E-state index contributed by atoms with van der Waals surface area (Å²) in [6.45, 7) is 9.56. The predicted molar refractivity (Wildman–Crippen MR) is 131 cm³/mol. The molecule has 1 fully saturated rings. The van der Waals surface area contributed by atoms with Gasteiger partial charge >= 0.3 is 0 Å². The van der Waals surface area contributed by atoms with Gasteiger partial charge in [-0.15, -0.1) is 0 Å². The highest BCUT2D eigenvalue weighted by molar-refractivity contribution is 5.98. The van der Waals surface area contributed by atoms with Crippen molar-refractivity contribution in [3.63, 3.8) is 0 Å². The molecule has 0 bridgehead atoms. The number of hydrogen-bond donors (Lipinski definition) is 1. The summed E-state index contributed by atoms with van der Waals surface area (Å²) in [5, 5.41) is 2.91. The summed E-state index contributed by atoms with van der Waals surface area (Å²) in [5.74, 6) is -0.0748. The Bertz CT molecular complexity index is 974. The van der Waals surface area contributed by atoms with Gasteiger partial charge in [-0.2, -0.15) is 0 Å². The number of piperidine rings is 1. The highest BCUT2D eigenvalue weighted by Gasteiger charge is 2.30. The molecule has 176 valence electrons.